The Labute approximate surface area is 74.3 Å². The molecule has 6 heteroatoms. The predicted molar refractivity (Wildman–Crippen MR) is 41.9 cm³/mol. The zero-order chi connectivity index (χ0) is 9.42. The average Bonchev–Trinajstić information content (AvgIpc) is 2.47. The van der Waals surface area contributed by atoms with Gasteiger partial charge in [-0.2, -0.15) is 4.57 Å². The molecule has 5 nitrogen and oxygen atoms in total. The lowest BCUT2D eigenvalue weighted by Crippen LogP contribution is -2.39. The number of rotatable bonds is 1. The summed E-state index contributed by atoms with van der Waals surface area (Å²) in [6.07, 6.45) is 1.58. The number of ether oxygens (including phenoxy) is 1. The maximum atomic E-state index is 11.0. The molecule has 0 saturated heterocycles. The first-order valence-corrected chi connectivity index (χ1v) is 3.75. The number of pyridine rings is 1. The van der Waals surface area contributed by atoms with E-state index in [4.69, 9.17) is 14.8 Å². The Morgan fingerprint density at radius 1 is 1.54 bits per heavy atom. The highest BCUT2D eigenvalue weighted by Crippen LogP contribution is 2.00. The van der Waals surface area contributed by atoms with Crippen molar-refractivity contribution in [3.05, 3.63) is 24.0 Å². The molecule has 0 spiro atoms. The summed E-state index contributed by atoms with van der Waals surface area (Å²) in [6, 6.07) is 2.93. The van der Waals surface area contributed by atoms with Crippen molar-refractivity contribution >= 4 is 18.6 Å². The summed E-state index contributed by atoms with van der Waals surface area (Å²) in [5.74, 6) is -0.442. The summed E-state index contributed by atoms with van der Waals surface area (Å²) in [5, 5.41) is 17.7. The largest absolute Gasteiger partial charge is 0.488 e. The lowest BCUT2D eigenvalue weighted by molar-refractivity contribution is -0.714. The number of carbonyl (C=O) groups excluding carboxylic acids is 1. The van der Waals surface area contributed by atoms with Crippen LogP contribution in [-0.4, -0.2) is 23.1 Å². The molecule has 13 heavy (non-hydrogen) atoms. The van der Waals surface area contributed by atoms with Gasteiger partial charge >= 0.3 is 13.1 Å². The zero-order valence-electron chi connectivity index (χ0n) is 6.67. The minimum Gasteiger partial charge on any atom is -0.423 e. The van der Waals surface area contributed by atoms with Crippen LogP contribution in [0.5, 0.6) is 0 Å². The molecular weight excluding hydrogens is 173 g/mol. The van der Waals surface area contributed by atoms with Crippen LogP contribution in [0.4, 0.5) is 0 Å². The van der Waals surface area contributed by atoms with Crippen molar-refractivity contribution < 1.29 is 24.1 Å². The Morgan fingerprint density at radius 3 is 3.00 bits per heavy atom. The second kappa shape index (κ2) is 2.83. The molecule has 2 N–H and O–H groups in total. The number of hydrogen-bond donors (Lipinski definition) is 2. The van der Waals surface area contributed by atoms with Crippen LogP contribution in [0.15, 0.2) is 18.3 Å². The van der Waals surface area contributed by atoms with Crippen molar-refractivity contribution in [3.63, 3.8) is 0 Å². The number of nitrogens with zero attached hydrogens (tertiary/aromatic N) is 1. The molecular formula is C7H7BNO4+. The van der Waals surface area contributed by atoms with Crippen LogP contribution in [-0.2, 0) is 11.5 Å². The van der Waals surface area contributed by atoms with Gasteiger partial charge < -0.3 is 14.8 Å². The number of aromatic nitrogens is 1. The highest BCUT2D eigenvalue weighted by molar-refractivity contribution is 6.58. The van der Waals surface area contributed by atoms with E-state index in [-0.39, 0.29) is 12.2 Å². The summed E-state index contributed by atoms with van der Waals surface area (Å²) in [4.78, 5) is 11.0. The van der Waals surface area contributed by atoms with Gasteiger partial charge in [-0.05, 0) is 5.46 Å². The maximum Gasteiger partial charge on any atom is 0.488 e. The highest BCUT2D eigenvalue weighted by Gasteiger charge is 2.30. The molecule has 66 valence electrons. The van der Waals surface area contributed by atoms with Crippen molar-refractivity contribution in [1.29, 1.82) is 0 Å². The van der Waals surface area contributed by atoms with Gasteiger partial charge in [-0.1, -0.05) is 0 Å². The van der Waals surface area contributed by atoms with Gasteiger partial charge in [0.15, 0.2) is 6.20 Å². The lowest BCUT2D eigenvalue weighted by Gasteiger charge is -1.95. The molecule has 0 amide bonds. The number of hydrogen-bond acceptors (Lipinski definition) is 4. The van der Waals surface area contributed by atoms with E-state index in [1.54, 1.807) is 10.8 Å². The SMILES string of the molecule is O=C1OC[n+]2ccc(B(O)O)cc21. The smallest absolute Gasteiger partial charge is 0.423 e. The molecule has 0 unspecified atom stereocenters. The molecule has 2 heterocycles. The van der Waals surface area contributed by atoms with Gasteiger partial charge in [-0.3, -0.25) is 0 Å². The monoisotopic (exact) mass is 180 g/mol. The van der Waals surface area contributed by atoms with Gasteiger partial charge in [0.2, 0.25) is 0 Å². The minimum atomic E-state index is -1.56. The third-order valence-electron chi connectivity index (χ3n) is 1.90. The number of fused-ring (bicyclic) bond motifs is 1. The van der Waals surface area contributed by atoms with E-state index in [0.717, 1.165) is 0 Å². The van der Waals surface area contributed by atoms with E-state index in [9.17, 15) is 4.79 Å². The molecule has 0 fully saturated rings. The topological polar surface area (TPSA) is 70.6 Å². The van der Waals surface area contributed by atoms with Gasteiger partial charge in [0.25, 0.3) is 12.4 Å². The highest BCUT2D eigenvalue weighted by atomic mass is 16.6. The fourth-order valence-electron chi connectivity index (χ4n) is 1.20. The number of carbonyl (C=O) groups is 1. The van der Waals surface area contributed by atoms with E-state index in [1.165, 1.54) is 12.1 Å². The molecule has 1 aromatic heterocycles. The van der Waals surface area contributed by atoms with E-state index in [1.807, 2.05) is 0 Å². The van der Waals surface area contributed by atoms with E-state index >= 15 is 0 Å². The van der Waals surface area contributed by atoms with Crippen LogP contribution in [0.2, 0.25) is 0 Å². The Morgan fingerprint density at radius 2 is 2.31 bits per heavy atom. The normalized spacial score (nSPS) is 13.8. The van der Waals surface area contributed by atoms with E-state index in [0.29, 0.717) is 5.69 Å². The standard InChI is InChI=1S/C7H7BNO4/c10-7-6-3-5(8(11)12)1-2-9(6)4-13-7/h1-3,11-12H,4H2/q+1. The quantitative estimate of drug-likeness (QED) is 0.292. The van der Waals surface area contributed by atoms with E-state index < -0.39 is 13.1 Å². The first-order chi connectivity index (χ1) is 6.18. The second-order valence-electron chi connectivity index (χ2n) is 2.75. The molecule has 0 aliphatic carbocycles. The van der Waals surface area contributed by atoms with E-state index in [2.05, 4.69) is 0 Å². The van der Waals surface area contributed by atoms with Crippen LogP contribution >= 0.6 is 0 Å². The van der Waals surface area contributed by atoms with Crippen LogP contribution in [0.1, 0.15) is 10.5 Å². The van der Waals surface area contributed by atoms with Gasteiger partial charge in [0, 0.05) is 12.1 Å². The molecule has 0 atom stereocenters. The minimum absolute atomic E-state index is 0.190. The Kier molecular flexibility index (Phi) is 1.79. The molecule has 0 radical (unpaired) electrons. The third kappa shape index (κ3) is 1.30. The lowest BCUT2D eigenvalue weighted by atomic mass is 9.80. The number of cyclic esters (lactones) is 1. The first kappa shape index (κ1) is 8.21. The molecule has 0 saturated carbocycles. The fraction of sp³-hybridized carbons (Fsp3) is 0.143. The van der Waals surface area contributed by atoms with Gasteiger partial charge in [-0.25, -0.2) is 4.79 Å². The molecule has 1 aliphatic heterocycles. The molecule has 1 aromatic rings. The van der Waals surface area contributed by atoms with Gasteiger partial charge in [-0.15, -0.1) is 0 Å². The van der Waals surface area contributed by atoms with Crippen LogP contribution in [0, 0.1) is 0 Å². The van der Waals surface area contributed by atoms with Crippen molar-refractivity contribution in [2.75, 3.05) is 0 Å². The Hall–Kier alpha value is -1.40. The van der Waals surface area contributed by atoms with Crippen LogP contribution in [0.3, 0.4) is 0 Å². The van der Waals surface area contributed by atoms with Crippen molar-refractivity contribution in [3.8, 4) is 0 Å². The Balaban J connectivity index is 2.48. The number of esters is 1. The van der Waals surface area contributed by atoms with Crippen molar-refractivity contribution in [2.24, 2.45) is 0 Å². The van der Waals surface area contributed by atoms with Crippen LogP contribution in [0.25, 0.3) is 0 Å². The molecule has 1 aliphatic rings. The molecule has 0 bridgehead atoms. The maximum absolute atomic E-state index is 11.0. The summed E-state index contributed by atoms with van der Waals surface area (Å²) >= 11 is 0. The first-order valence-electron chi connectivity index (χ1n) is 3.75. The summed E-state index contributed by atoms with van der Waals surface area (Å²) in [6.45, 7) is 0.190. The second-order valence-corrected chi connectivity index (χ2v) is 2.75. The van der Waals surface area contributed by atoms with Crippen molar-refractivity contribution in [1.82, 2.24) is 0 Å². The summed E-state index contributed by atoms with van der Waals surface area (Å²) < 4.78 is 6.31. The predicted octanol–water partition coefficient (Wildman–Crippen LogP) is -2.22. The fourth-order valence-corrected chi connectivity index (χ4v) is 1.20. The Bertz CT molecular complexity index is 366. The summed E-state index contributed by atoms with van der Waals surface area (Å²) in [5.41, 5.74) is 0.621. The molecule has 2 rings (SSSR count). The summed E-state index contributed by atoms with van der Waals surface area (Å²) in [7, 11) is -1.56. The van der Waals surface area contributed by atoms with Crippen LogP contribution < -0.4 is 10.0 Å². The average molecular weight is 180 g/mol. The van der Waals surface area contributed by atoms with Gasteiger partial charge in [0.1, 0.15) is 0 Å². The third-order valence-corrected chi connectivity index (χ3v) is 1.90. The molecule has 0 aromatic carbocycles. The van der Waals surface area contributed by atoms with Crippen molar-refractivity contribution in [2.45, 2.75) is 6.73 Å². The van der Waals surface area contributed by atoms with Gasteiger partial charge in [0.05, 0.1) is 0 Å². The zero-order valence-corrected chi connectivity index (χ0v) is 6.67.